The van der Waals surface area contributed by atoms with Gasteiger partial charge in [-0.15, -0.1) is 0 Å². The number of pyridine rings is 1. The Kier molecular flexibility index (Phi) is 6.28. The van der Waals surface area contributed by atoms with E-state index in [1.54, 1.807) is 23.1 Å². The fourth-order valence-corrected chi connectivity index (χ4v) is 3.57. The van der Waals surface area contributed by atoms with Gasteiger partial charge in [-0.3, -0.25) is 4.79 Å². The molecule has 1 aromatic heterocycles. The Labute approximate surface area is 171 Å². The van der Waals surface area contributed by atoms with Gasteiger partial charge in [0.25, 0.3) is 0 Å². The molecule has 152 valence electrons. The third kappa shape index (κ3) is 4.98. The van der Waals surface area contributed by atoms with Crippen LogP contribution in [0.4, 0.5) is 24.7 Å². The smallest absolute Gasteiger partial charge is 0.355 e. The molecule has 9 heteroatoms. The number of rotatable bonds is 4. The van der Waals surface area contributed by atoms with Gasteiger partial charge in [-0.2, -0.15) is 18.4 Å². The van der Waals surface area contributed by atoms with E-state index in [4.69, 9.17) is 16.9 Å². The van der Waals surface area contributed by atoms with E-state index in [1.807, 2.05) is 6.07 Å². The summed E-state index contributed by atoms with van der Waals surface area (Å²) in [5.41, 5.74) is 0.479. The van der Waals surface area contributed by atoms with Gasteiger partial charge in [-0.25, -0.2) is 4.98 Å². The lowest BCUT2D eigenvalue weighted by Gasteiger charge is -2.32. The van der Waals surface area contributed by atoms with Gasteiger partial charge in [-0.1, -0.05) is 29.8 Å². The van der Waals surface area contributed by atoms with Gasteiger partial charge < -0.3 is 10.2 Å². The van der Waals surface area contributed by atoms with E-state index in [-0.39, 0.29) is 29.1 Å². The molecule has 1 amide bonds. The zero-order valence-electron chi connectivity index (χ0n) is 15.3. The van der Waals surface area contributed by atoms with Gasteiger partial charge in [0.05, 0.1) is 23.1 Å². The second-order valence-electron chi connectivity index (χ2n) is 6.77. The van der Waals surface area contributed by atoms with E-state index < -0.39 is 11.7 Å². The lowest BCUT2D eigenvalue weighted by Crippen LogP contribution is -2.38. The summed E-state index contributed by atoms with van der Waals surface area (Å²) in [6.07, 6.45) is -2.49. The van der Waals surface area contributed by atoms with Crippen LogP contribution < -0.4 is 10.2 Å². The molecule has 3 rings (SSSR count). The van der Waals surface area contributed by atoms with E-state index in [2.05, 4.69) is 16.4 Å². The fourth-order valence-electron chi connectivity index (χ4n) is 3.29. The van der Waals surface area contributed by atoms with Crippen LogP contribution in [0.5, 0.6) is 0 Å². The summed E-state index contributed by atoms with van der Waals surface area (Å²) >= 11 is 6.01. The maximum Gasteiger partial charge on any atom is 0.417 e. The number of hydrogen-bond donors (Lipinski definition) is 1. The van der Waals surface area contributed by atoms with Crippen LogP contribution in [0.15, 0.2) is 36.5 Å². The van der Waals surface area contributed by atoms with Gasteiger partial charge >= 0.3 is 6.18 Å². The number of nitrogens with one attached hydrogen (secondary N) is 1. The van der Waals surface area contributed by atoms with Gasteiger partial charge in [0.1, 0.15) is 5.82 Å². The molecule has 0 saturated carbocycles. The maximum atomic E-state index is 12.8. The molecule has 29 heavy (non-hydrogen) atoms. The molecule has 0 bridgehead atoms. The van der Waals surface area contributed by atoms with Crippen LogP contribution in [0.1, 0.15) is 24.0 Å². The summed E-state index contributed by atoms with van der Waals surface area (Å²) in [5.74, 6) is -0.0889. The molecular weight excluding hydrogens is 405 g/mol. The van der Waals surface area contributed by atoms with Crippen LogP contribution in [-0.2, 0) is 17.4 Å². The highest BCUT2D eigenvalue weighted by atomic mass is 35.5. The molecule has 0 unspecified atom stereocenters. The zero-order valence-corrected chi connectivity index (χ0v) is 16.1. The minimum Gasteiger partial charge on any atom is -0.355 e. The third-order valence-electron chi connectivity index (χ3n) is 4.86. The van der Waals surface area contributed by atoms with E-state index in [0.29, 0.717) is 31.6 Å². The Morgan fingerprint density at radius 1 is 1.31 bits per heavy atom. The second kappa shape index (κ2) is 8.70. The van der Waals surface area contributed by atoms with Crippen LogP contribution in [0.2, 0.25) is 5.02 Å². The number of aromatic nitrogens is 1. The quantitative estimate of drug-likeness (QED) is 0.777. The maximum absolute atomic E-state index is 12.8. The number of nitrogens with zero attached hydrogens (tertiary/aromatic N) is 3. The highest BCUT2D eigenvalue weighted by molar-refractivity contribution is 6.33. The van der Waals surface area contributed by atoms with Crippen molar-refractivity contribution in [3.05, 3.63) is 52.7 Å². The summed E-state index contributed by atoms with van der Waals surface area (Å²) in [5, 5.41) is 11.7. The Morgan fingerprint density at radius 3 is 2.62 bits per heavy atom. The molecule has 0 aliphatic carbocycles. The van der Waals surface area contributed by atoms with Gasteiger partial charge in [0, 0.05) is 30.9 Å². The first-order chi connectivity index (χ1) is 13.8. The van der Waals surface area contributed by atoms with Gasteiger partial charge in [0.15, 0.2) is 0 Å². The average Bonchev–Trinajstić information content (AvgIpc) is 2.69. The summed E-state index contributed by atoms with van der Waals surface area (Å²) in [4.78, 5) is 18.3. The van der Waals surface area contributed by atoms with E-state index in [9.17, 15) is 18.0 Å². The third-order valence-corrected chi connectivity index (χ3v) is 5.14. The molecular formula is C20H18ClF3N4O. The first-order valence-electron chi connectivity index (χ1n) is 9.03. The van der Waals surface area contributed by atoms with Gasteiger partial charge in [0.2, 0.25) is 5.91 Å². The summed E-state index contributed by atoms with van der Waals surface area (Å²) in [7, 11) is 0. The van der Waals surface area contributed by atoms with Crippen molar-refractivity contribution in [3.8, 4) is 6.07 Å². The highest BCUT2D eigenvalue weighted by Crippen LogP contribution is 2.34. The van der Waals surface area contributed by atoms with Crippen LogP contribution in [0, 0.1) is 17.2 Å². The number of alkyl halides is 3. The molecule has 0 radical (unpaired) electrons. The zero-order chi connectivity index (χ0) is 21.0. The summed E-state index contributed by atoms with van der Waals surface area (Å²) in [6, 6.07) is 10.1. The molecule has 0 spiro atoms. The lowest BCUT2D eigenvalue weighted by atomic mass is 9.95. The topological polar surface area (TPSA) is 69.0 Å². The molecule has 1 fully saturated rings. The standard InChI is InChI=1S/C20H18ClF3N4O/c21-16-11-15(20(22,23)24)12-26-18(16)28-9-6-14(7-10-28)19(29)27-17-4-2-1-3-13(17)5-8-25/h1-4,11-12,14H,5-7,9-10H2,(H,27,29). The number of halogens is 4. The summed E-state index contributed by atoms with van der Waals surface area (Å²) in [6.45, 7) is 0.909. The molecule has 1 aromatic carbocycles. The van der Waals surface area contributed by atoms with E-state index >= 15 is 0 Å². The number of piperidine rings is 1. The van der Waals surface area contributed by atoms with Crippen molar-refractivity contribution in [2.24, 2.45) is 5.92 Å². The molecule has 2 aromatic rings. The van der Waals surface area contributed by atoms with Crippen molar-refractivity contribution < 1.29 is 18.0 Å². The summed E-state index contributed by atoms with van der Waals surface area (Å²) < 4.78 is 38.3. The Bertz CT molecular complexity index is 934. The number of amides is 1. The van der Waals surface area contributed by atoms with Crippen molar-refractivity contribution in [3.63, 3.8) is 0 Å². The van der Waals surface area contributed by atoms with E-state index in [1.165, 1.54) is 0 Å². The number of para-hydroxylation sites is 1. The minimum absolute atomic E-state index is 0.0619. The fraction of sp³-hybridized carbons (Fsp3) is 0.350. The highest BCUT2D eigenvalue weighted by Gasteiger charge is 2.33. The Balaban J connectivity index is 1.62. The van der Waals surface area contributed by atoms with Crippen molar-refractivity contribution in [1.82, 2.24) is 4.98 Å². The molecule has 1 aliphatic heterocycles. The van der Waals surface area contributed by atoms with Crippen molar-refractivity contribution in [2.45, 2.75) is 25.4 Å². The molecule has 2 heterocycles. The number of anilines is 2. The monoisotopic (exact) mass is 422 g/mol. The molecule has 1 aliphatic rings. The van der Waals surface area contributed by atoms with Crippen LogP contribution in [0.25, 0.3) is 0 Å². The Hall–Kier alpha value is -2.79. The van der Waals surface area contributed by atoms with Gasteiger partial charge in [-0.05, 0) is 30.5 Å². The number of nitriles is 1. The average molecular weight is 423 g/mol. The Morgan fingerprint density at radius 2 is 2.00 bits per heavy atom. The number of carbonyl (C=O) groups excluding carboxylic acids is 1. The predicted octanol–water partition coefficient (Wildman–Crippen LogP) is 4.67. The number of benzene rings is 1. The van der Waals surface area contributed by atoms with Crippen LogP contribution >= 0.6 is 11.6 Å². The van der Waals surface area contributed by atoms with E-state index in [0.717, 1.165) is 17.8 Å². The molecule has 1 saturated heterocycles. The van der Waals surface area contributed by atoms with Crippen molar-refractivity contribution >= 4 is 29.0 Å². The normalized spacial score (nSPS) is 15.1. The largest absolute Gasteiger partial charge is 0.417 e. The first kappa shape index (κ1) is 20.9. The second-order valence-corrected chi connectivity index (χ2v) is 7.18. The molecule has 0 atom stereocenters. The lowest BCUT2D eigenvalue weighted by molar-refractivity contribution is -0.137. The van der Waals surface area contributed by atoms with Crippen molar-refractivity contribution in [2.75, 3.05) is 23.3 Å². The first-order valence-corrected chi connectivity index (χ1v) is 9.41. The number of hydrogen-bond acceptors (Lipinski definition) is 4. The minimum atomic E-state index is -4.50. The SMILES string of the molecule is N#CCc1ccccc1NC(=O)C1CCN(c2ncc(C(F)(F)F)cc2Cl)CC1. The molecule has 5 nitrogen and oxygen atoms in total. The van der Waals surface area contributed by atoms with Crippen LogP contribution in [-0.4, -0.2) is 24.0 Å². The van der Waals surface area contributed by atoms with Crippen LogP contribution in [0.3, 0.4) is 0 Å². The van der Waals surface area contributed by atoms with Crippen molar-refractivity contribution in [1.29, 1.82) is 5.26 Å². The predicted molar refractivity (Wildman–Crippen MR) is 104 cm³/mol. The number of carbonyl (C=O) groups is 1. The molecule has 1 N–H and O–H groups in total.